The molecule has 0 spiro atoms. The van der Waals surface area contributed by atoms with Crippen LogP contribution in [0.1, 0.15) is 18.9 Å². The van der Waals surface area contributed by atoms with Crippen molar-refractivity contribution in [1.29, 1.82) is 0 Å². The van der Waals surface area contributed by atoms with E-state index in [0.29, 0.717) is 12.8 Å². The third-order valence-electron chi connectivity index (χ3n) is 3.72. The lowest BCUT2D eigenvalue weighted by Gasteiger charge is -2.22. The van der Waals surface area contributed by atoms with E-state index in [1.807, 2.05) is 30.3 Å². The van der Waals surface area contributed by atoms with E-state index in [-0.39, 0.29) is 30.6 Å². The second-order valence-electron chi connectivity index (χ2n) is 5.60. The molecule has 2 rings (SSSR count). The van der Waals surface area contributed by atoms with Gasteiger partial charge in [0.1, 0.15) is 11.6 Å². The second-order valence-corrected chi connectivity index (χ2v) is 5.60. The Kier molecular flexibility index (Phi) is 6.62. The Morgan fingerprint density at radius 1 is 1.08 bits per heavy atom. The van der Waals surface area contributed by atoms with E-state index >= 15 is 0 Å². The second kappa shape index (κ2) is 8.92. The molecule has 0 radical (unpaired) electrons. The van der Waals surface area contributed by atoms with Crippen LogP contribution in [-0.2, 0) is 16.0 Å². The van der Waals surface area contributed by atoms with E-state index in [2.05, 4.69) is 5.32 Å². The maximum Gasteiger partial charge on any atom is 0.224 e. The van der Waals surface area contributed by atoms with E-state index < -0.39 is 11.6 Å². The number of halogens is 2. The zero-order valence-electron chi connectivity index (χ0n) is 14.0. The van der Waals surface area contributed by atoms with Crippen LogP contribution in [0.3, 0.4) is 0 Å². The SMILES string of the molecule is CC(=O)N(CCNC(=O)CCc1ccccc1)c1ccc(F)cc1F. The molecule has 0 fully saturated rings. The molecule has 25 heavy (non-hydrogen) atoms. The number of rotatable bonds is 7. The van der Waals surface area contributed by atoms with Crippen molar-refractivity contribution in [1.82, 2.24) is 5.32 Å². The van der Waals surface area contributed by atoms with Crippen LogP contribution in [0.15, 0.2) is 48.5 Å². The Morgan fingerprint density at radius 2 is 1.80 bits per heavy atom. The van der Waals surface area contributed by atoms with Crippen molar-refractivity contribution >= 4 is 17.5 Å². The first kappa shape index (κ1) is 18.6. The van der Waals surface area contributed by atoms with Crippen LogP contribution in [0.2, 0.25) is 0 Å². The van der Waals surface area contributed by atoms with Crippen LogP contribution in [-0.4, -0.2) is 24.9 Å². The number of hydrogen-bond acceptors (Lipinski definition) is 2. The molecule has 0 aromatic heterocycles. The summed E-state index contributed by atoms with van der Waals surface area (Å²) >= 11 is 0. The first-order valence-electron chi connectivity index (χ1n) is 8.01. The largest absolute Gasteiger partial charge is 0.354 e. The third-order valence-corrected chi connectivity index (χ3v) is 3.72. The molecular weight excluding hydrogens is 326 g/mol. The molecule has 0 unspecified atom stereocenters. The van der Waals surface area contributed by atoms with Crippen LogP contribution in [0.4, 0.5) is 14.5 Å². The van der Waals surface area contributed by atoms with Crippen molar-refractivity contribution in [3.8, 4) is 0 Å². The number of benzene rings is 2. The molecule has 1 N–H and O–H groups in total. The predicted molar refractivity (Wildman–Crippen MR) is 92.2 cm³/mol. The maximum atomic E-state index is 13.8. The molecule has 0 saturated heterocycles. The number of nitrogens with one attached hydrogen (secondary N) is 1. The molecule has 0 bridgehead atoms. The Morgan fingerprint density at radius 3 is 2.44 bits per heavy atom. The molecule has 132 valence electrons. The van der Waals surface area contributed by atoms with E-state index in [0.717, 1.165) is 17.7 Å². The van der Waals surface area contributed by atoms with Gasteiger partial charge in [-0.2, -0.15) is 0 Å². The van der Waals surface area contributed by atoms with Crippen molar-refractivity contribution in [3.05, 3.63) is 65.7 Å². The molecule has 4 nitrogen and oxygen atoms in total. The summed E-state index contributed by atoms with van der Waals surface area (Å²) in [5, 5.41) is 2.71. The van der Waals surface area contributed by atoms with Gasteiger partial charge >= 0.3 is 0 Å². The molecular formula is C19H20F2N2O2. The molecule has 6 heteroatoms. The highest BCUT2D eigenvalue weighted by atomic mass is 19.1. The van der Waals surface area contributed by atoms with Crippen LogP contribution < -0.4 is 10.2 Å². The number of aryl methyl sites for hydroxylation is 1. The van der Waals surface area contributed by atoms with Crippen molar-refractivity contribution in [2.75, 3.05) is 18.0 Å². The normalized spacial score (nSPS) is 10.4. The van der Waals surface area contributed by atoms with E-state index in [9.17, 15) is 18.4 Å². The minimum atomic E-state index is -0.814. The summed E-state index contributed by atoms with van der Waals surface area (Å²) in [7, 11) is 0. The van der Waals surface area contributed by atoms with Gasteiger partial charge in [-0.15, -0.1) is 0 Å². The average molecular weight is 346 g/mol. The Bertz CT molecular complexity index is 735. The third kappa shape index (κ3) is 5.67. The molecule has 0 heterocycles. The number of carbonyl (C=O) groups excluding carboxylic acids is 2. The first-order chi connectivity index (χ1) is 12.0. The van der Waals surface area contributed by atoms with Crippen molar-refractivity contribution < 1.29 is 18.4 Å². The van der Waals surface area contributed by atoms with Crippen LogP contribution in [0.25, 0.3) is 0 Å². The molecule has 2 aromatic rings. The first-order valence-corrected chi connectivity index (χ1v) is 8.01. The lowest BCUT2D eigenvalue weighted by atomic mass is 10.1. The summed E-state index contributed by atoms with van der Waals surface area (Å²) < 4.78 is 26.8. The monoisotopic (exact) mass is 346 g/mol. The fraction of sp³-hybridized carbons (Fsp3) is 0.263. The lowest BCUT2D eigenvalue weighted by molar-refractivity contribution is -0.121. The summed E-state index contributed by atoms with van der Waals surface area (Å²) in [6, 6.07) is 12.7. The molecule has 0 aliphatic rings. The standard InChI is InChI=1S/C19H20F2N2O2/c1-14(24)23(18-9-8-16(20)13-17(18)21)12-11-22-19(25)10-7-15-5-3-2-4-6-15/h2-6,8-9,13H,7,10-12H2,1H3,(H,22,25). The number of nitrogens with zero attached hydrogens (tertiary/aromatic N) is 1. The van der Waals surface area contributed by atoms with Crippen molar-refractivity contribution in [2.24, 2.45) is 0 Å². The number of anilines is 1. The van der Waals surface area contributed by atoms with E-state index in [1.165, 1.54) is 17.9 Å². The minimum Gasteiger partial charge on any atom is -0.354 e. The van der Waals surface area contributed by atoms with Gasteiger partial charge in [0, 0.05) is 32.5 Å². The van der Waals surface area contributed by atoms with Gasteiger partial charge in [-0.25, -0.2) is 8.78 Å². The summed E-state index contributed by atoms with van der Waals surface area (Å²) in [5.74, 6) is -2.06. The highest BCUT2D eigenvalue weighted by Crippen LogP contribution is 2.20. The van der Waals surface area contributed by atoms with Gasteiger partial charge < -0.3 is 10.2 Å². The van der Waals surface area contributed by atoms with E-state index in [1.54, 1.807) is 0 Å². The number of carbonyl (C=O) groups is 2. The van der Waals surface area contributed by atoms with Gasteiger partial charge in [0.2, 0.25) is 11.8 Å². The summed E-state index contributed by atoms with van der Waals surface area (Å²) in [5.41, 5.74) is 1.06. The molecule has 0 aliphatic heterocycles. The number of hydrogen-bond donors (Lipinski definition) is 1. The molecule has 0 atom stereocenters. The van der Waals surface area contributed by atoms with Crippen LogP contribution in [0.5, 0.6) is 0 Å². The van der Waals surface area contributed by atoms with Crippen LogP contribution in [0, 0.1) is 11.6 Å². The maximum absolute atomic E-state index is 13.8. The zero-order chi connectivity index (χ0) is 18.2. The molecule has 2 aromatic carbocycles. The smallest absolute Gasteiger partial charge is 0.224 e. The topological polar surface area (TPSA) is 49.4 Å². The highest BCUT2D eigenvalue weighted by Gasteiger charge is 2.16. The fourth-order valence-electron chi connectivity index (χ4n) is 2.45. The molecule has 0 saturated carbocycles. The van der Waals surface area contributed by atoms with Gasteiger partial charge in [0.15, 0.2) is 0 Å². The van der Waals surface area contributed by atoms with Crippen molar-refractivity contribution in [3.63, 3.8) is 0 Å². The Hall–Kier alpha value is -2.76. The lowest BCUT2D eigenvalue weighted by Crippen LogP contribution is -2.38. The van der Waals surface area contributed by atoms with Gasteiger partial charge in [0.25, 0.3) is 0 Å². The Balaban J connectivity index is 1.85. The molecule has 2 amide bonds. The molecule has 0 aliphatic carbocycles. The van der Waals surface area contributed by atoms with Gasteiger partial charge in [-0.05, 0) is 24.1 Å². The average Bonchev–Trinajstić information content (AvgIpc) is 2.58. The van der Waals surface area contributed by atoms with Crippen molar-refractivity contribution in [2.45, 2.75) is 19.8 Å². The zero-order valence-corrected chi connectivity index (χ0v) is 14.0. The van der Waals surface area contributed by atoms with Gasteiger partial charge in [-0.1, -0.05) is 30.3 Å². The summed E-state index contributed by atoms with van der Waals surface area (Å²) in [6.07, 6.45) is 0.949. The summed E-state index contributed by atoms with van der Waals surface area (Å²) in [6.45, 7) is 1.58. The Labute approximate surface area is 145 Å². The predicted octanol–water partition coefficient (Wildman–Crippen LogP) is 3.07. The van der Waals surface area contributed by atoms with E-state index in [4.69, 9.17) is 0 Å². The fourth-order valence-corrected chi connectivity index (χ4v) is 2.45. The quantitative estimate of drug-likeness (QED) is 0.838. The number of amides is 2. The van der Waals surface area contributed by atoms with Crippen LogP contribution >= 0.6 is 0 Å². The van der Waals surface area contributed by atoms with Gasteiger partial charge in [-0.3, -0.25) is 9.59 Å². The van der Waals surface area contributed by atoms with Gasteiger partial charge in [0.05, 0.1) is 5.69 Å². The highest BCUT2D eigenvalue weighted by molar-refractivity contribution is 5.91. The summed E-state index contributed by atoms with van der Waals surface area (Å²) in [4.78, 5) is 24.8. The minimum absolute atomic E-state index is 0.00701.